The number of alkyl halides is 3. The smallest absolute Gasteiger partial charge is 0.507 e. The first-order chi connectivity index (χ1) is 10.2. The second-order valence-corrected chi connectivity index (χ2v) is 4.33. The van der Waals surface area contributed by atoms with Crippen molar-refractivity contribution in [3.05, 3.63) is 23.8 Å². The molecule has 0 aliphatic carbocycles. The molecule has 4 N–H and O–H groups in total. The van der Waals surface area contributed by atoms with E-state index >= 15 is 0 Å². The highest BCUT2D eigenvalue weighted by Crippen LogP contribution is 2.27. The summed E-state index contributed by atoms with van der Waals surface area (Å²) < 4.78 is 40.1. The fourth-order valence-electron chi connectivity index (χ4n) is 1.58. The first-order valence-corrected chi connectivity index (χ1v) is 6.27. The highest BCUT2D eigenvalue weighted by Gasteiger charge is 2.31. The SMILES string of the molecule is NCCC[C@H](N=Cc1cc(OC(F)(F)F)ccc1O)C(=O)O. The van der Waals surface area contributed by atoms with Crippen LogP contribution in [0.5, 0.6) is 11.5 Å². The van der Waals surface area contributed by atoms with Crippen molar-refractivity contribution in [2.45, 2.75) is 25.2 Å². The van der Waals surface area contributed by atoms with Gasteiger partial charge in [-0.3, -0.25) is 4.99 Å². The molecule has 22 heavy (non-hydrogen) atoms. The van der Waals surface area contributed by atoms with Crippen molar-refractivity contribution in [1.29, 1.82) is 0 Å². The lowest BCUT2D eigenvalue weighted by Gasteiger charge is -2.10. The van der Waals surface area contributed by atoms with Crippen molar-refractivity contribution in [3.63, 3.8) is 0 Å². The van der Waals surface area contributed by atoms with Gasteiger partial charge in [-0.05, 0) is 37.6 Å². The van der Waals surface area contributed by atoms with E-state index in [0.717, 1.165) is 24.4 Å². The Hall–Kier alpha value is -2.29. The number of carbonyl (C=O) groups is 1. The number of carboxylic acid groups (broad SMARTS) is 1. The van der Waals surface area contributed by atoms with Crippen LogP contribution < -0.4 is 10.5 Å². The van der Waals surface area contributed by atoms with E-state index in [-0.39, 0.29) is 17.7 Å². The van der Waals surface area contributed by atoms with E-state index < -0.39 is 24.1 Å². The maximum Gasteiger partial charge on any atom is 0.573 e. The molecule has 0 heterocycles. The fraction of sp³-hybridized carbons (Fsp3) is 0.385. The van der Waals surface area contributed by atoms with Crippen molar-refractivity contribution in [3.8, 4) is 11.5 Å². The van der Waals surface area contributed by atoms with Crippen LogP contribution in [0.4, 0.5) is 13.2 Å². The van der Waals surface area contributed by atoms with Crippen LogP contribution in [0.15, 0.2) is 23.2 Å². The Labute approximate surface area is 124 Å². The Morgan fingerprint density at radius 1 is 1.45 bits per heavy atom. The zero-order valence-electron chi connectivity index (χ0n) is 11.4. The summed E-state index contributed by atoms with van der Waals surface area (Å²) in [5, 5.41) is 18.5. The zero-order valence-corrected chi connectivity index (χ0v) is 11.4. The minimum atomic E-state index is -4.86. The largest absolute Gasteiger partial charge is 0.573 e. The van der Waals surface area contributed by atoms with Crippen molar-refractivity contribution in [2.75, 3.05) is 6.54 Å². The van der Waals surface area contributed by atoms with E-state index in [9.17, 15) is 23.1 Å². The minimum Gasteiger partial charge on any atom is -0.507 e. The van der Waals surface area contributed by atoms with E-state index in [4.69, 9.17) is 10.8 Å². The van der Waals surface area contributed by atoms with Crippen LogP contribution in [0.25, 0.3) is 0 Å². The van der Waals surface area contributed by atoms with Gasteiger partial charge in [0.15, 0.2) is 0 Å². The van der Waals surface area contributed by atoms with Gasteiger partial charge < -0.3 is 20.7 Å². The number of hydrogen-bond donors (Lipinski definition) is 3. The van der Waals surface area contributed by atoms with Crippen LogP contribution in [0.3, 0.4) is 0 Å². The maximum atomic E-state index is 12.1. The lowest BCUT2D eigenvalue weighted by Crippen LogP contribution is -2.19. The van der Waals surface area contributed by atoms with Crippen LogP contribution in [0.1, 0.15) is 18.4 Å². The van der Waals surface area contributed by atoms with Crippen molar-refractivity contribution >= 4 is 12.2 Å². The number of hydrogen-bond acceptors (Lipinski definition) is 5. The first kappa shape index (κ1) is 17.8. The van der Waals surface area contributed by atoms with Crippen LogP contribution in [0, 0.1) is 0 Å². The third kappa shape index (κ3) is 6.00. The molecule has 9 heteroatoms. The topological polar surface area (TPSA) is 105 Å². The monoisotopic (exact) mass is 320 g/mol. The molecule has 1 aromatic rings. The van der Waals surface area contributed by atoms with Crippen LogP contribution in [0.2, 0.25) is 0 Å². The number of rotatable bonds is 7. The average molecular weight is 320 g/mol. The van der Waals surface area contributed by atoms with Crippen molar-refractivity contribution in [2.24, 2.45) is 10.7 Å². The summed E-state index contributed by atoms with van der Waals surface area (Å²) in [5.74, 6) is -2.08. The average Bonchev–Trinajstić information content (AvgIpc) is 2.40. The maximum absolute atomic E-state index is 12.1. The number of aliphatic carboxylic acids is 1. The molecule has 1 atom stereocenters. The van der Waals surface area contributed by atoms with Gasteiger partial charge in [0.05, 0.1) is 0 Å². The van der Waals surface area contributed by atoms with Crippen molar-refractivity contribution in [1.82, 2.24) is 0 Å². The van der Waals surface area contributed by atoms with E-state index in [2.05, 4.69) is 9.73 Å². The van der Waals surface area contributed by atoms with Gasteiger partial charge in [-0.15, -0.1) is 13.2 Å². The molecule has 0 aliphatic heterocycles. The molecule has 0 fully saturated rings. The Morgan fingerprint density at radius 2 is 2.14 bits per heavy atom. The molecule has 0 saturated carbocycles. The van der Waals surface area contributed by atoms with Crippen LogP contribution in [-0.4, -0.2) is 41.3 Å². The number of phenolic OH excluding ortho intramolecular Hbond substituents is 1. The highest BCUT2D eigenvalue weighted by molar-refractivity contribution is 5.86. The molecule has 1 rings (SSSR count). The normalized spacial score (nSPS) is 13.3. The summed E-state index contributed by atoms with van der Waals surface area (Å²) >= 11 is 0. The minimum absolute atomic E-state index is 0.0826. The second-order valence-electron chi connectivity index (χ2n) is 4.33. The predicted molar refractivity (Wildman–Crippen MR) is 72.1 cm³/mol. The van der Waals surface area contributed by atoms with Gasteiger partial charge in [0.2, 0.25) is 0 Å². The molecule has 0 bridgehead atoms. The molecular weight excluding hydrogens is 305 g/mol. The van der Waals surface area contributed by atoms with Gasteiger partial charge in [0, 0.05) is 11.8 Å². The standard InChI is InChI=1S/C13H15F3N2O4/c14-13(15,16)22-9-3-4-11(19)8(6-9)7-18-10(12(20)21)2-1-5-17/h3-4,6-7,10,19H,1-2,5,17H2,(H,20,21)/t10-/m0/s1. The number of ether oxygens (including phenoxy) is 1. The summed E-state index contributed by atoms with van der Waals surface area (Å²) in [4.78, 5) is 14.7. The Bertz CT molecular complexity index is 547. The fourth-order valence-corrected chi connectivity index (χ4v) is 1.58. The van der Waals surface area contributed by atoms with E-state index in [0.29, 0.717) is 13.0 Å². The van der Waals surface area contributed by atoms with Crippen molar-refractivity contribution < 1.29 is 32.9 Å². The summed E-state index contributed by atoms with van der Waals surface area (Å²) in [7, 11) is 0. The molecule has 0 radical (unpaired) electrons. The van der Waals surface area contributed by atoms with Gasteiger partial charge in [0.1, 0.15) is 17.5 Å². The van der Waals surface area contributed by atoms with E-state index in [1.807, 2.05) is 0 Å². The number of phenols is 1. The lowest BCUT2D eigenvalue weighted by molar-refractivity contribution is -0.274. The molecule has 1 aromatic carbocycles. The molecule has 6 nitrogen and oxygen atoms in total. The molecule has 0 spiro atoms. The first-order valence-electron chi connectivity index (χ1n) is 6.27. The van der Waals surface area contributed by atoms with Gasteiger partial charge >= 0.3 is 12.3 Å². The number of aliphatic imine (C=N–C) groups is 1. The van der Waals surface area contributed by atoms with Crippen LogP contribution in [-0.2, 0) is 4.79 Å². The third-order valence-electron chi connectivity index (χ3n) is 2.59. The molecular formula is C13H15F3N2O4. The predicted octanol–water partition coefficient (Wildman–Crippen LogP) is 1.90. The molecule has 0 amide bonds. The molecule has 122 valence electrons. The summed E-state index contributed by atoms with van der Waals surface area (Å²) in [6.45, 7) is 0.291. The summed E-state index contributed by atoms with van der Waals surface area (Å²) in [6.07, 6.45) is -3.26. The number of nitrogens with zero attached hydrogens (tertiary/aromatic N) is 1. The number of benzene rings is 1. The van der Waals surface area contributed by atoms with E-state index in [1.54, 1.807) is 0 Å². The number of aromatic hydroxyl groups is 1. The Morgan fingerprint density at radius 3 is 2.68 bits per heavy atom. The Kier molecular flexibility index (Phi) is 6.17. The zero-order chi connectivity index (χ0) is 16.8. The van der Waals surface area contributed by atoms with Gasteiger partial charge in [-0.2, -0.15) is 0 Å². The number of halogens is 3. The van der Waals surface area contributed by atoms with Gasteiger partial charge in [0.25, 0.3) is 0 Å². The van der Waals surface area contributed by atoms with E-state index in [1.165, 1.54) is 0 Å². The molecule has 0 aromatic heterocycles. The summed E-state index contributed by atoms with van der Waals surface area (Å²) in [6, 6.07) is 1.75. The number of nitrogens with two attached hydrogens (primary N) is 1. The Balaban J connectivity index is 2.92. The highest BCUT2D eigenvalue weighted by atomic mass is 19.4. The lowest BCUT2D eigenvalue weighted by atomic mass is 10.1. The molecule has 0 saturated heterocycles. The third-order valence-corrected chi connectivity index (χ3v) is 2.59. The molecule has 0 unspecified atom stereocenters. The van der Waals surface area contributed by atoms with Gasteiger partial charge in [-0.1, -0.05) is 0 Å². The van der Waals surface area contributed by atoms with Gasteiger partial charge in [-0.25, -0.2) is 4.79 Å². The summed E-state index contributed by atoms with van der Waals surface area (Å²) in [5.41, 5.74) is 5.20. The molecule has 0 aliphatic rings. The quantitative estimate of drug-likeness (QED) is 0.666. The van der Waals surface area contributed by atoms with Crippen LogP contribution >= 0.6 is 0 Å². The number of carboxylic acids is 1. The second kappa shape index (κ2) is 7.64.